The number of hydrogen-bond acceptors (Lipinski definition) is 3. The van der Waals surface area contributed by atoms with Crippen LogP contribution in [0.4, 0.5) is 11.4 Å². The molecule has 0 aliphatic rings. The number of azo groups is 1. The summed E-state index contributed by atoms with van der Waals surface area (Å²) in [4.78, 5) is 0. The summed E-state index contributed by atoms with van der Waals surface area (Å²) in [6, 6.07) is 17.6. The Morgan fingerprint density at radius 2 is 1.22 bits per heavy atom. The van der Waals surface area contributed by atoms with Gasteiger partial charge in [0.05, 0.1) is 12.3 Å². The first kappa shape index (κ1) is 21.1. The van der Waals surface area contributed by atoms with Crippen LogP contribution in [0.25, 0.3) is 0 Å². The van der Waals surface area contributed by atoms with Crippen molar-refractivity contribution in [2.75, 3.05) is 6.61 Å². The van der Waals surface area contributed by atoms with Gasteiger partial charge in [-0.1, -0.05) is 95.0 Å². The van der Waals surface area contributed by atoms with Gasteiger partial charge in [0, 0.05) is 0 Å². The summed E-state index contributed by atoms with van der Waals surface area (Å²) in [5, 5.41) is 8.63. The van der Waals surface area contributed by atoms with Crippen molar-refractivity contribution >= 4 is 11.4 Å². The highest BCUT2D eigenvalue weighted by atomic mass is 16.5. The van der Waals surface area contributed by atoms with Crippen molar-refractivity contribution in [3.05, 3.63) is 54.6 Å². The standard InChI is InChI=1S/C24H34N2O/c1-2-3-4-5-6-7-8-9-10-16-21-27-24-20-15-14-19-23(24)26-25-22-17-12-11-13-18-22/h11-15,17-20H,2-10,16,21H2,1H3. The van der Waals surface area contributed by atoms with E-state index in [9.17, 15) is 0 Å². The van der Waals surface area contributed by atoms with E-state index >= 15 is 0 Å². The molecule has 0 aliphatic carbocycles. The average Bonchev–Trinajstić information content (AvgIpc) is 2.72. The summed E-state index contributed by atoms with van der Waals surface area (Å²) in [5.41, 5.74) is 1.63. The van der Waals surface area contributed by atoms with Crippen molar-refractivity contribution in [2.45, 2.75) is 71.1 Å². The lowest BCUT2D eigenvalue weighted by Gasteiger charge is -2.08. The zero-order chi connectivity index (χ0) is 19.0. The molecule has 0 saturated heterocycles. The molecule has 0 spiro atoms. The van der Waals surface area contributed by atoms with Crippen LogP contribution in [0.3, 0.4) is 0 Å². The minimum Gasteiger partial charge on any atom is -0.491 e. The first-order chi connectivity index (χ1) is 13.4. The molecule has 0 atom stereocenters. The number of ether oxygens (including phenoxy) is 1. The Hall–Kier alpha value is -2.16. The average molecular weight is 367 g/mol. The fraction of sp³-hybridized carbons (Fsp3) is 0.500. The second-order valence-corrected chi connectivity index (χ2v) is 7.03. The number of nitrogens with zero attached hydrogens (tertiary/aromatic N) is 2. The third-order valence-corrected chi connectivity index (χ3v) is 4.65. The molecule has 0 saturated carbocycles. The maximum atomic E-state index is 5.94. The van der Waals surface area contributed by atoms with Crippen LogP contribution in [0.2, 0.25) is 0 Å². The minimum absolute atomic E-state index is 0.744. The highest BCUT2D eigenvalue weighted by Gasteiger charge is 2.02. The summed E-state index contributed by atoms with van der Waals surface area (Å²) < 4.78 is 5.94. The van der Waals surface area contributed by atoms with E-state index in [0.29, 0.717) is 0 Å². The number of unbranched alkanes of at least 4 members (excludes halogenated alkanes) is 9. The van der Waals surface area contributed by atoms with E-state index in [4.69, 9.17) is 4.74 Å². The van der Waals surface area contributed by atoms with Crippen molar-refractivity contribution in [1.29, 1.82) is 0 Å². The Labute approximate surface area is 164 Å². The first-order valence-corrected chi connectivity index (χ1v) is 10.6. The molecule has 0 bridgehead atoms. The lowest BCUT2D eigenvalue weighted by atomic mass is 10.1. The zero-order valence-electron chi connectivity index (χ0n) is 16.8. The van der Waals surface area contributed by atoms with Crippen LogP contribution in [0.5, 0.6) is 5.75 Å². The van der Waals surface area contributed by atoms with Gasteiger partial charge in [-0.15, -0.1) is 5.11 Å². The second kappa shape index (κ2) is 14.0. The van der Waals surface area contributed by atoms with Gasteiger partial charge in [-0.05, 0) is 30.7 Å². The molecule has 3 heteroatoms. The van der Waals surface area contributed by atoms with Gasteiger partial charge in [0.2, 0.25) is 0 Å². The molecule has 0 radical (unpaired) electrons. The molecule has 0 N–H and O–H groups in total. The lowest BCUT2D eigenvalue weighted by molar-refractivity contribution is 0.305. The second-order valence-electron chi connectivity index (χ2n) is 7.03. The van der Waals surface area contributed by atoms with Gasteiger partial charge >= 0.3 is 0 Å². The van der Waals surface area contributed by atoms with E-state index in [0.717, 1.165) is 30.2 Å². The minimum atomic E-state index is 0.744. The highest BCUT2D eigenvalue weighted by molar-refractivity contribution is 5.51. The lowest BCUT2D eigenvalue weighted by Crippen LogP contribution is -1.97. The molecular formula is C24H34N2O. The van der Waals surface area contributed by atoms with Crippen molar-refractivity contribution in [1.82, 2.24) is 0 Å². The molecule has 0 unspecified atom stereocenters. The van der Waals surface area contributed by atoms with Crippen LogP contribution in [-0.2, 0) is 0 Å². The molecule has 0 heterocycles. The van der Waals surface area contributed by atoms with Crippen LogP contribution in [0.15, 0.2) is 64.8 Å². The van der Waals surface area contributed by atoms with Crippen molar-refractivity contribution in [3.63, 3.8) is 0 Å². The van der Waals surface area contributed by atoms with Crippen molar-refractivity contribution in [3.8, 4) is 5.75 Å². The fourth-order valence-electron chi connectivity index (χ4n) is 3.04. The van der Waals surface area contributed by atoms with Gasteiger partial charge in [0.15, 0.2) is 0 Å². The van der Waals surface area contributed by atoms with Crippen LogP contribution >= 0.6 is 0 Å². The normalized spacial score (nSPS) is 11.1. The molecular weight excluding hydrogens is 332 g/mol. The number of para-hydroxylation sites is 1. The van der Waals surface area contributed by atoms with Crippen LogP contribution in [0, 0.1) is 0 Å². The molecule has 0 amide bonds. The van der Waals surface area contributed by atoms with E-state index in [1.165, 1.54) is 57.8 Å². The summed E-state index contributed by atoms with van der Waals surface area (Å²) in [6.07, 6.45) is 13.3. The van der Waals surface area contributed by atoms with Crippen molar-refractivity contribution in [2.24, 2.45) is 10.2 Å². The van der Waals surface area contributed by atoms with E-state index in [1.54, 1.807) is 0 Å². The topological polar surface area (TPSA) is 34.0 Å². The highest BCUT2D eigenvalue weighted by Crippen LogP contribution is 2.29. The number of hydrogen-bond donors (Lipinski definition) is 0. The molecule has 2 aromatic carbocycles. The van der Waals surface area contributed by atoms with E-state index in [1.807, 2.05) is 54.6 Å². The smallest absolute Gasteiger partial charge is 0.146 e. The number of benzene rings is 2. The predicted octanol–water partition coefficient (Wildman–Crippen LogP) is 8.40. The fourth-order valence-corrected chi connectivity index (χ4v) is 3.04. The Bertz CT molecular complexity index is 640. The van der Waals surface area contributed by atoms with Crippen LogP contribution in [0.1, 0.15) is 71.1 Å². The third-order valence-electron chi connectivity index (χ3n) is 4.65. The van der Waals surface area contributed by atoms with Gasteiger partial charge in [0.25, 0.3) is 0 Å². The van der Waals surface area contributed by atoms with Crippen molar-refractivity contribution < 1.29 is 4.74 Å². The summed E-state index contributed by atoms with van der Waals surface area (Å²) in [6.45, 7) is 3.01. The van der Waals surface area contributed by atoms with Gasteiger partial charge in [-0.2, -0.15) is 5.11 Å². The Balaban J connectivity index is 1.62. The quantitative estimate of drug-likeness (QED) is 0.244. The Morgan fingerprint density at radius 1 is 0.630 bits per heavy atom. The largest absolute Gasteiger partial charge is 0.491 e. The van der Waals surface area contributed by atoms with Gasteiger partial charge in [-0.3, -0.25) is 0 Å². The summed E-state index contributed by atoms with van der Waals surface area (Å²) >= 11 is 0. The first-order valence-electron chi connectivity index (χ1n) is 10.6. The van der Waals surface area contributed by atoms with E-state index < -0.39 is 0 Å². The van der Waals surface area contributed by atoms with Crippen LogP contribution in [-0.4, -0.2) is 6.61 Å². The summed E-state index contributed by atoms with van der Waals surface area (Å²) in [5.74, 6) is 0.813. The molecule has 146 valence electrons. The molecule has 0 aliphatic heterocycles. The van der Waals surface area contributed by atoms with Crippen LogP contribution < -0.4 is 4.74 Å². The van der Waals surface area contributed by atoms with Gasteiger partial charge < -0.3 is 4.74 Å². The summed E-state index contributed by atoms with van der Waals surface area (Å²) in [7, 11) is 0. The molecule has 27 heavy (non-hydrogen) atoms. The zero-order valence-corrected chi connectivity index (χ0v) is 16.8. The van der Waals surface area contributed by atoms with Gasteiger partial charge in [0.1, 0.15) is 11.4 Å². The van der Waals surface area contributed by atoms with E-state index in [-0.39, 0.29) is 0 Å². The number of rotatable bonds is 14. The SMILES string of the molecule is CCCCCCCCCCCCOc1ccccc1N=Nc1ccccc1. The Kier molecular flexibility index (Phi) is 10.9. The molecule has 2 rings (SSSR count). The molecule has 0 fully saturated rings. The van der Waals surface area contributed by atoms with E-state index in [2.05, 4.69) is 17.2 Å². The molecule has 0 aromatic heterocycles. The third kappa shape index (κ3) is 9.37. The molecule has 3 nitrogen and oxygen atoms in total. The predicted molar refractivity (Wildman–Crippen MR) is 114 cm³/mol. The maximum Gasteiger partial charge on any atom is 0.146 e. The maximum absolute atomic E-state index is 5.94. The molecule has 2 aromatic rings. The monoisotopic (exact) mass is 366 g/mol. The van der Waals surface area contributed by atoms with Gasteiger partial charge in [-0.25, -0.2) is 0 Å². The Morgan fingerprint density at radius 3 is 1.93 bits per heavy atom.